The summed E-state index contributed by atoms with van der Waals surface area (Å²) in [4.78, 5) is 0. The van der Waals surface area contributed by atoms with E-state index in [4.69, 9.17) is 0 Å². The van der Waals surface area contributed by atoms with Gasteiger partial charge in [0, 0.05) is 0 Å². The van der Waals surface area contributed by atoms with E-state index in [1.165, 1.54) is 11.1 Å². The van der Waals surface area contributed by atoms with Crippen LogP contribution in [0.3, 0.4) is 0 Å². The molecule has 0 saturated carbocycles. The molecule has 0 aliphatic carbocycles. The molecule has 0 aromatic heterocycles. The van der Waals surface area contributed by atoms with E-state index in [-0.39, 0.29) is 0 Å². The zero-order valence-electron chi connectivity index (χ0n) is 12.3. The molecule has 2 aromatic rings. The van der Waals surface area contributed by atoms with Gasteiger partial charge in [-0.1, -0.05) is 35.4 Å². The van der Waals surface area contributed by atoms with Crippen molar-refractivity contribution in [2.24, 2.45) is 0 Å². The van der Waals surface area contributed by atoms with Crippen molar-refractivity contribution in [1.29, 1.82) is 0 Å². The highest BCUT2D eigenvalue weighted by Crippen LogP contribution is 2.30. The Balaban J connectivity index is 2.09. The van der Waals surface area contributed by atoms with Gasteiger partial charge in [-0.3, -0.25) is 0 Å². The third-order valence-electron chi connectivity index (χ3n) is 3.21. The lowest BCUT2D eigenvalue weighted by Crippen LogP contribution is -1.98. The molecule has 3 nitrogen and oxygen atoms in total. The number of anilines is 2. The van der Waals surface area contributed by atoms with E-state index in [9.17, 15) is 4.57 Å². The maximum absolute atomic E-state index is 12.2. The van der Waals surface area contributed by atoms with Gasteiger partial charge in [-0.05, 0) is 55.5 Å². The second kappa shape index (κ2) is 6.06. The van der Waals surface area contributed by atoms with Gasteiger partial charge in [0.2, 0.25) is 0 Å². The first-order valence-corrected chi connectivity index (χ1v) is 7.87. The fourth-order valence-corrected chi connectivity index (χ4v) is 3.12. The van der Waals surface area contributed by atoms with Crippen molar-refractivity contribution in [3.05, 3.63) is 58.7 Å². The van der Waals surface area contributed by atoms with E-state index in [2.05, 4.69) is 22.3 Å². The SMILES string of the molecule is Cc1ccc(N[P+](=O)Nc2ccc(C)cc2C)c(C)c1. The predicted molar refractivity (Wildman–Crippen MR) is 86.7 cm³/mol. The van der Waals surface area contributed by atoms with Gasteiger partial charge in [0.05, 0.1) is 11.4 Å². The van der Waals surface area contributed by atoms with Gasteiger partial charge in [0.15, 0.2) is 0 Å². The molecule has 0 aliphatic heterocycles. The van der Waals surface area contributed by atoms with Crippen LogP contribution in [0.5, 0.6) is 0 Å². The van der Waals surface area contributed by atoms with E-state index < -0.39 is 8.10 Å². The minimum Gasteiger partial charge on any atom is -0.157 e. The third kappa shape index (κ3) is 3.58. The van der Waals surface area contributed by atoms with Gasteiger partial charge < -0.3 is 0 Å². The summed E-state index contributed by atoms with van der Waals surface area (Å²) >= 11 is 0. The van der Waals surface area contributed by atoms with Crippen LogP contribution in [0.1, 0.15) is 22.3 Å². The lowest BCUT2D eigenvalue weighted by atomic mass is 10.1. The van der Waals surface area contributed by atoms with Gasteiger partial charge in [-0.25, -0.2) is 0 Å². The molecule has 0 heterocycles. The van der Waals surface area contributed by atoms with Crippen molar-refractivity contribution in [3.8, 4) is 0 Å². The summed E-state index contributed by atoms with van der Waals surface area (Å²) in [7, 11) is -1.73. The molecule has 4 heteroatoms. The second-order valence-corrected chi connectivity index (χ2v) is 6.19. The fraction of sp³-hybridized carbons (Fsp3) is 0.250. The average molecular weight is 287 g/mol. The molecule has 2 aromatic carbocycles. The molecular weight excluding hydrogens is 267 g/mol. The van der Waals surface area contributed by atoms with E-state index in [0.717, 1.165) is 22.5 Å². The molecule has 2 N–H and O–H groups in total. The van der Waals surface area contributed by atoms with E-state index >= 15 is 0 Å². The summed E-state index contributed by atoms with van der Waals surface area (Å²) in [5.41, 5.74) is 6.38. The molecule has 0 bridgehead atoms. The maximum Gasteiger partial charge on any atom is 0.590 e. The molecule has 0 atom stereocenters. The highest BCUT2D eigenvalue weighted by Gasteiger charge is 2.18. The smallest absolute Gasteiger partial charge is 0.157 e. The first kappa shape index (κ1) is 14.5. The molecule has 0 unspecified atom stereocenters. The molecule has 104 valence electrons. The van der Waals surface area contributed by atoms with Gasteiger partial charge in [-0.2, -0.15) is 10.2 Å². The van der Waals surface area contributed by atoms with Crippen molar-refractivity contribution in [2.45, 2.75) is 27.7 Å². The quantitative estimate of drug-likeness (QED) is 0.768. The molecule has 20 heavy (non-hydrogen) atoms. The number of rotatable bonds is 4. The van der Waals surface area contributed by atoms with Gasteiger partial charge in [-0.15, -0.1) is 0 Å². The largest absolute Gasteiger partial charge is 0.590 e. The van der Waals surface area contributed by atoms with Crippen molar-refractivity contribution in [2.75, 3.05) is 10.2 Å². The Labute approximate surface area is 121 Å². The Morgan fingerprint density at radius 3 is 1.50 bits per heavy atom. The lowest BCUT2D eigenvalue weighted by Gasteiger charge is -2.05. The summed E-state index contributed by atoms with van der Waals surface area (Å²) < 4.78 is 12.2. The van der Waals surface area contributed by atoms with Crippen LogP contribution >= 0.6 is 8.10 Å². The first-order valence-electron chi connectivity index (χ1n) is 6.61. The molecule has 0 saturated heterocycles. The number of nitrogens with one attached hydrogen (secondary N) is 2. The third-order valence-corrected chi connectivity index (χ3v) is 4.10. The van der Waals surface area contributed by atoms with E-state index in [1.807, 2.05) is 52.0 Å². The normalized spacial score (nSPS) is 10.2. The predicted octanol–water partition coefficient (Wildman–Crippen LogP) is 5.10. The number of hydrogen-bond donors (Lipinski definition) is 2. The Morgan fingerprint density at radius 2 is 1.15 bits per heavy atom. The summed E-state index contributed by atoms with van der Waals surface area (Å²) in [5.74, 6) is 0. The Bertz CT molecular complexity index is 597. The second-order valence-electron chi connectivity index (χ2n) is 5.15. The van der Waals surface area contributed by atoms with Crippen LogP contribution in [-0.2, 0) is 4.57 Å². The average Bonchev–Trinajstić information content (AvgIpc) is 2.36. The molecule has 2 rings (SSSR count). The summed E-state index contributed by atoms with van der Waals surface area (Å²) in [5, 5.41) is 6.05. The van der Waals surface area contributed by atoms with Gasteiger partial charge in [0.1, 0.15) is 0 Å². The molecule has 0 aliphatic rings. The zero-order valence-corrected chi connectivity index (χ0v) is 13.2. The van der Waals surface area contributed by atoms with Crippen molar-refractivity contribution < 1.29 is 4.57 Å². The van der Waals surface area contributed by atoms with Crippen LogP contribution in [0.15, 0.2) is 36.4 Å². The Kier molecular flexibility index (Phi) is 4.41. The highest BCUT2D eigenvalue weighted by molar-refractivity contribution is 7.48. The Morgan fingerprint density at radius 1 is 0.750 bits per heavy atom. The van der Waals surface area contributed by atoms with Crippen LogP contribution in [-0.4, -0.2) is 0 Å². The number of hydrogen-bond acceptors (Lipinski definition) is 1. The fourth-order valence-electron chi connectivity index (χ4n) is 2.12. The summed E-state index contributed by atoms with van der Waals surface area (Å²) in [6, 6.07) is 12.1. The molecular formula is C16H20N2OP+. The minimum absolute atomic E-state index is 0.897. The van der Waals surface area contributed by atoms with Crippen LogP contribution in [0.2, 0.25) is 0 Å². The molecule has 0 radical (unpaired) electrons. The van der Waals surface area contributed by atoms with Crippen LogP contribution in [0, 0.1) is 27.7 Å². The van der Waals surface area contributed by atoms with Gasteiger partial charge >= 0.3 is 8.10 Å². The summed E-state index contributed by atoms with van der Waals surface area (Å²) in [6.07, 6.45) is 0. The molecule has 0 fully saturated rings. The first-order chi connectivity index (χ1) is 9.45. The van der Waals surface area contributed by atoms with Crippen LogP contribution in [0.25, 0.3) is 0 Å². The number of aryl methyl sites for hydroxylation is 4. The van der Waals surface area contributed by atoms with Gasteiger partial charge in [0.25, 0.3) is 0 Å². The Hall–Kier alpha value is -1.86. The highest BCUT2D eigenvalue weighted by atomic mass is 31.1. The van der Waals surface area contributed by atoms with Crippen LogP contribution in [0.4, 0.5) is 11.4 Å². The maximum atomic E-state index is 12.2. The molecule has 0 spiro atoms. The van der Waals surface area contributed by atoms with E-state index in [0.29, 0.717) is 0 Å². The minimum atomic E-state index is -1.73. The number of benzene rings is 2. The van der Waals surface area contributed by atoms with Crippen molar-refractivity contribution in [1.82, 2.24) is 0 Å². The van der Waals surface area contributed by atoms with E-state index in [1.54, 1.807) is 0 Å². The van der Waals surface area contributed by atoms with Crippen LogP contribution < -0.4 is 10.2 Å². The topological polar surface area (TPSA) is 41.1 Å². The van der Waals surface area contributed by atoms with Crippen molar-refractivity contribution >= 4 is 19.5 Å². The standard InChI is InChI=1S/C16H20N2OP/c1-11-5-7-15(13(3)9-11)17-20(19)18-16-8-6-12(2)10-14(16)4/h5-10H,1-4H3,(H2,17,18,19)/q+1. The monoisotopic (exact) mass is 287 g/mol. The summed E-state index contributed by atoms with van der Waals surface area (Å²) in [6.45, 7) is 8.11. The lowest BCUT2D eigenvalue weighted by molar-refractivity contribution is 0.593. The zero-order chi connectivity index (χ0) is 14.7. The van der Waals surface area contributed by atoms with Crippen molar-refractivity contribution in [3.63, 3.8) is 0 Å². The molecule has 0 amide bonds.